The largest absolute Gasteiger partial charge is 0.493 e. The van der Waals surface area contributed by atoms with E-state index in [4.69, 9.17) is 14.2 Å². The number of methoxy groups -OCH3 is 2. The van der Waals surface area contributed by atoms with Gasteiger partial charge >= 0.3 is 0 Å². The van der Waals surface area contributed by atoms with Gasteiger partial charge in [0.1, 0.15) is 0 Å². The van der Waals surface area contributed by atoms with E-state index in [1.54, 1.807) is 20.3 Å². The third kappa shape index (κ3) is 3.76. The van der Waals surface area contributed by atoms with Crippen molar-refractivity contribution in [2.45, 2.75) is 26.0 Å². The Morgan fingerprint density at radius 1 is 1.32 bits per heavy atom. The monoisotopic (exact) mass is 345 g/mol. The molecule has 0 radical (unpaired) electrons. The van der Waals surface area contributed by atoms with Crippen molar-refractivity contribution >= 4 is 5.91 Å². The normalized spacial score (nSPS) is 13.2. The number of hydrogen-bond donors (Lipinski definition) is 1. The fraction of sp³-hybridized carbons (Fsp3) is 0.444. The van der Waals surface area contributed by atoms with Crippen molar-refractivity contribution in [2.75, 3.05) is 20.8 Å². The van der Waals surface area contributed by atoms with E-state index in [9.17, 15) is 4.79 Å². The SMILES string of the molecule is COc1ccc(CC(=O)NCc2nn(C)c3c2COCC3)cc1OC. The van der Waals surface area contributed by atoms with Crippen LogP contribution in [0.15, 0.2) is 18.2 Å². The highest BCUT2D eigenvalue weighted by molar-refractivity contribution is 5.78. The highest BCUT2D eigenvalue weighted by Crippen LogP contribution is 2.27. The maximum Gasteiger partial charge on any atom is 0.224 e. The second kappa shape index (κ2) is 7.57. The molecule has 2 aromatic rings. The van der Waals surface area contributed by atoms with Gasteiger partial charge in [-0.05, 0) is 17.7 Å². The van der Waals surface area contributed by atoms with Gasteiger partial charge in [0.15, 0.2) is 11.5 Å². The standard InChI is InChI=1S/C18H23N3O4/c1-21-15-6-7-25-11-13(15)14(20-21)10-19-18(22)9-12-4-5-16(23-2)17(8-12)24-3/h4-5,8H,6-7,9-11H2,1-3H3,(H,19,22). The summed E-state index contributed by atoms with van der Waals surface area (Å²) in [6.07, 6.45) is 1.13. The molecule has 0 fully saturated rings. The molecule has 1 aromatic carbocycles. The summed E-state index contributed by atoms with van der Waals surface area (Å²) in [5.74, 6) is 1.19. The summed E-state index contributed by atoms with van der Waals surface area (Å²) in [6.45, 7) is 1.68. The van der Waals surface area contributed by atoms with Crippen LogP contribution in [0.4, 0.5) is 0 Å². The third-order valence-corrected chi connectivity index (χ3v) is 4.35. The van der Waals surface area contributed by atoms with E-state index in [1.807, 2.05) is 23.9 Å². The van der Waals surface area contributed by atoms with Crippen molar-refractivity contribution in [1.29, 1.82) is 0 Å². The molecule has 2 heterocycles. The number of nitrogens with one attached hydrogen (secondary N) is 1. The Kier molecular flexibility index (Phi) is 5.23. The van der Waals surface area contributed by atoms with Crippen LogP contribution in [0.1, 0.15) is 22.5 Å². The van der Waals surface area contributed by atoms with E-state index < -0.39 is 0 Å². The minimum atomic E-state index is -0.0663. The first-order valence-electron chi connectivity index (χ1n) is 8.21. The Labute approximate surface area is 146 Å². The van der Waals surface area contributed by atoms with Crippen molar-refractivity contribution in [1.82, 2.24) is 15.1 Å². The van der Waals surface area contributed by atoms with E-state index in [0.717, 1.165) is 29.8 Å². The van der Waals surface area contributed by atoms with Gasteiger partial charge in [-0.2, -0.15) is 5.10 Å². The molecule has 134 valence electrons. The molecule has 0 atom stereocenters. The number of ether oxygens (including phenoxy) is 3. The van der Waals surface area contributed by atoms with Gasteiger partial charge in [0.25, 0.3) is 0 Å². The summed E-state index contributed by atoms with van der Waals surface area (Å²) in [6, 6.07) is 5.47. The van der Waals surface area contributed by atoms with Gasteiger partial charge < -0.3 is 19.5 Å². The van der Waals surface area contributed by atoms with Crippen LogP contribution in [-0.4, -0.2) is 36.5 Å². The van der Waals surface area contributed by atoms with Crippen LogP contribution in [0.3, 0.4) is 0 Å². The number of benzene rings is 1. The van der Waals surface area contributed by atoms with E-state index in [1.165, 1.54) is 5.69 Å². The number of rotatable bonds is 6. The number of hydrogen-bond acceptors (Lipinski definition) is 5. The Bertz CT molecular complexity index is 770. The highest BCUT2D eigenvalue weighted by atomic mass is 16.5. The van der Waals surface area contributed by atoms with Crippen LogP contribution in [0, 0.1) is 0 Å². The van der Waals surface area contributed by atoms with E-state index >= 15 is 0 Å². The van der Waals surface area contributed by atoms with Gasteiger partial charge in [-0.1, -0.05) is 6.07 Å². The molecule has 0 saturated heterocycles. The van der Waals surface area contributed by atoms with Crippen LogP contribution in [0.2, 0.25) is 0 Å². The lowest BCUT2D eigenvalue weighted by Gasteiger charge is -2.14. The maximum atomic E-state index is 12.3. The molecule has 1 aliphatic heterocycles. The van der Waals surface area contributed by atoms with Gasteiger partial charge in [-0.3, -0.25) is 9.48 Å². The molecule has 0 bridgehead atoms. The molecular weight excluding hydrogens is 322 g/mol. The average molecular weight is 345 g/mol. The minimum absolute atomic E-state index is 0.0663. The Morgan fingerprint density at radius 3 is 2.88 bits per heavy atom. The van der Waals surface area contributed by atoms with Crippen LogP contribution >= 0.6 is 0 Å². The summed E-state index contributed by atoms with van der Waals surface area (Å²) in [5.41, 5.74) is 4.02. The number of fused-ring (bicyclic) bond motifs is 1. The fourth-order valence-electron chi connectivity index (χ4n) is 3.05. The second-order valence-electron chi connectivity index (χ2n) is 5.94. The van der Waals surface area contributed by atoms with Crippen molar-refractivity contribution in [3.05, 3.63) is 40.7 Å². The number of aromatic nitrogens is 2. The molecule has 1 N–H and O–H groups in total. The van der Waals surface area contributed by atoms with Crippen LogP contribution in [0.25, 0.3) is 0 Å². The minimum Gasteiger partial charge on any atom is -0.493 e. The lowest BCUT2D eigenvalue weighted by molar-refractivity contribution is -0.120. The number of carbonyl (C=O) groups is 1. The van der Waals surface area contributed by atoms with Crippen molar-refractivity contribution in [2.24, 2.45) is 7.05 Å². The van der Waals surface area contributed by atoms with Crippen LogP contribution in [-0.2, 0) is 42.6 Å². The molecule has 1 aliphatic rings. The van der Waals surface area contributed by atoms with Gasteiger partial charge in [-0.25, -0.2) is 0 Å². The van der Waals surface area contributed by atoms with E-state index in [2.05, 4.69) is 10.4 Å². The molecule has 0 spiro atoms. The molecule has 1 aromatic heterocycles. The van der Waals surface area contributed by atoms with Gasteiger partial charge in [0.2, 0.25) is 5.91 Å². The van der Waals surface area contributed by atoms with Crippen molar-refractivity contribution in [3.8, 4) is 11.5 Å². The fourth-order valence-corrected chi connectivity index (χ4v) is 3.05. The summed E-state index contributed by atoms with van der Waals surface area (Å²) in [4.78, 5) is 12.3. The molecule has 0 unspecified atom stereocenters. The first-order chi connectivity index (χ1) is 12.1. The van der Waals surface area contributed by atoms with Gasteiger partial charge in [-0.15, -0.1) is 0 Å². The van der Waals surface area contributed by atoms with Crippen LogP contribution < -0.4 is 14.8 Å². The third-order valence-electron chi connectivity index (χ3n) is 4.35. The number of amides is 1. The Morgan fingerprint density at radius 2 is 2.12 bits per heavy atom. The first kappa shape index (κ1) is 17.3. The molecular formula is C18H23N3O4. The Balaban J connectivity index is 1.62. The summed E-state index contributed by atoms with van der Waals surface area (Å²) in [5, 5.41) is 7.44. The van der Waals surface area contributed by atoms with Gasteiger partial charge in [0.05, 0.1) is 46.1 Å². The van der Waals surface area contributed by atoms with E-state index in [0.29, 0.717) is 24.7 Å². The molecule has 7 nitrogen and oxygen atoms in total. The zero-order chi connectivity index (χ0) is 17.8. The number of aryl methyl sites for hydroxylation is 1. The quantitative estimate of drug-likeness (QED) is 0.856. The van der Waals surface area contributed by atoms with Crippen molar-refractivity contribution < 1.29 is 19.0 Å². The van der Waals surface area contributed by atoms with Crippen LogP contribution in [0.5, 0.6) is 11.5 Å². The smallest absolute Gasteiger partial charge is 0.224 e. The summed E-state index contributed by atoms with van der Waals surface area (Å²) in [7, 11) is 5.09. The highest BCUT2D eigenvalue weighted by Gasteiger charge is 2.20. The van der Waals surface area contributed by atoms with Crippen molar-refractivity contribution in [3.63, 3.8) is 0 Å². The predicted octanol–water partition coefficient (Wildman–Crippen LogP) is 1.37. The number of nitrogens with zero attached hydrogens (tertiary/aromatic N) is 2. The van der Waals surface area contributed by atoms with Gasteiger partial charge in [0, 0.05) is 24.7 Å². The lowest BCUT2D eigenvalue weighted by atomic mass is 10.1. The molecule has 7 heteroatoms. The topological polar surface area (TPSA) is 74.6 Å². The molecule has 3 rings (SSSR count). The molecule has 1 amide bonds. The second-order valence-corrected chi connectivity index (χ2v) is 5.94. The molecule has 25 heavy (non-hydrogen) atoms. The molecule has 0 saturated carbocycles. The average Bonchev–Trinajstić information content (AvgIpc) is 2.96. The predicted molar refractivity (Wildman–Crippen MR) is 91.7 cm³/mol. The van der Waals surface area contributed by atoms with E-state index in [-0.39, 0.29) is 12.3 Å². The summed E-state index contributed by atoms with van der Waals surface area (Å²) < 4.78 is 17.9. The zero-order valence-electron chi connectivity index (χ0n) is 14.8. The zero-order valence-corrected chi connectivity index (χ0v) is 14.8. The molecule has 0 aliphatic carbocycles. The summed E-state index contributed by atoms with van der Waals surface area (Å²) >= 11 is 0. The maximum absolute atomic E-state index is 12.3. The first-order valence-corrected chi connectivity index (χ1v) is 8.21. The number of carbonyl (C=O) groups excluding carboxylic acids is 1. The lowest BCUT2D eigenvalue weighted by Crippen LogP contribution is -2.25. The Hall–Kier alpha value is -2.54.